The molecular formula is C17H17NO3. The van der Waals surface area contributed by atoms with Gasteiger partial charge in [0.25, 0.3) is 0 Å². The molecule has 2 aliphatic heterocycles. The van der Waals surface area contributed by atoms with Crippen LogP contribution in [0.1, 0.15) is 17.5 Å². The minimum atomic E-state index is -0.213. The maximum atomic E-state index is 11.5. The molecule has 0 unspecified atom stereocenters. The zero-order valence-corrected chi connectivity index (χ0v) is 12.0. The first-order chi connectivity index (χ1) is 10.2. The highest BCUT2D eigenvalue weighted by Crippen LogP contribution is 2.44. The van der Waals surface area contributed by atoms with Gasteiger partial charge in [-0.15, -0.1) is 0 Å². The molecule has 4 rings (SSSR count). The van der Waals surface area contributed by atoms with Crippen LogP contribution in [-0.2, 0) is 16.8 Å². The van der Waals surface area contributed by atoms with Crippen LogP contribution >= 0.6 is 0 Å². The fraction of sp³-hybridized carbons (Fsp3) is 0.353. The molecule has 3 aliphatic rings. The van der Waals surface area contributed by atoms with Crippen molar-refractivity contribution in [2.75, 3.05) is 20.4 Å². The molecule has 0 amide bonds. The molecule has 1 aromatic carbocycles. The van der Waals surface area contributed by atoms with Crippen molar-refractivity contribution in [3.8, 4) is 11.5 Å². The van der Waals surface area contributed by atoms with Crippen molar-refractivity contribution < 1.29 is 14.3 Å². The van der Waals surface area contributed by atoms with Gasteiger partial charge in [-0.3, -0.25) is 4.79 Å². The lowest BCUT2D eigenvalue weighted by Gasteiger charge is -2.29. The number of fused-ring (bicyclic) bond motifs is 3. The molecule has 1 aromatic rings. The fourth-order valence-electron chi connectivity index (χ4n) is 3.35. The predicted molar refractivity (Wildman–Crippen MR) is 78.5 cm³/mol. The van der Waals surface area contributed by atoms with Crippen molar-refractivity contribution in [3.63, 3.8) is 0 Å². The van der Waals surface area contributed by atoms with Crippen molar-refractivity contribution in [2.45, 2.75) is 18.4 Å². The smallest absolute Gasteiger partial charge is 0.231 e. The molecule has 0 bridgehead atoms. The molecular weight excluding hydrogens is 266 g/mol. The van der Waals surface area contributed by atoms with Crippen LogP contribution in [0.2, 0.25) is 0 Å². The van der Waals surface area contributed by atoms with E-state index in [4.69, 9.17) is 9.47 Å². The number of carbonyl (C=O) groups excluding carboxylic acids is 1. The second-order valence-electron chi connectivity index (χ2n) is 5.96. The predicted octanol–water partition coefficient (Wildman–Crippen LogP) is 2.18. The van der Waals surface area contributed by atoms with E-state index in [1.165, 1.54) is 11.1 Å². The summed E-state index contributed by atoms with van der Waals surface area (Å²) in [6.45, 7) is 2.14. The largest absolute Gasteiger partial charge is 0.454 e. The maximum absolute atomic E-state index is 11.5. The third kappa shape index (κ3) is 1.98. The summed E-state index contributed by atoms with van der Waals surface area (Å²) in [5, 5.41) is 0. The maximum Gasteiger partial charge on any atom is 0.231 e. The molecule has 1 spiro atoms. The second kappa shape index (κ2) is 4.46. The van der Waals surface area contributed by atoms with E-state index in [1.807, 2.05) is 12.2 Å². The molecule has 4 heteroatoms. The van der Waals surface area contributed by atoms with Gasteiger partial charge in [0.05, 0.1) is 0 Å². The standard InChI is InChI=1S/C17H17NO3/c1-18-7-6-17(4-2-13(19)3-5-17)14-9-16-15(20-11-21-16)8-12(14)10-18/h2-5,8-9H,6-7,10-11H2,1H3. The van der Waals surface area contributed by atoms with Gasteiger partial charge in [0.1, 0.15) is 0 Å². The zero-order valence-electron chi connectivity index (χ0n) is 12.0. The lowest BCUT2D eigenvalue weighted by Crippen LogP contribution is -2.26. The van der Waals surface area contributed by atoms with Crippen LogP contribution in [0.4, 0.5) is 0 Å². The topological polar surface area (TPSA) is 38.8 Å². The second-order valence-corrected chi connectivity index (χ2v) is 5.96. The van der Waals surface area contributed by atoms with Gasteiger partial charge in [-0.05, 0) is 55.4 Å². The number of nitrogens with zero attached hydrogens (tertiary/aromatic N) is 1. The van der Waals surface area contributed by atoms with E-state index in [9.17, 15) is 4.79 Å². The summed E-state index contributed by atoms with van der Waals surface area (Å²) < 4.78 is 11.0. The monoisotopic (exact) mass is 283 g/mol. The van der Waals surface area contributed by atoms with Crippen LogP contribution in [-0.4, -0.2) is 31.1 Å². The summed E-state index contributed by atoms with van der Waals surface area (Å²) in [5.74, 6) is 1.68. The Kier molecular flexibility index (Phi) is 2.69. The van der Waals surface area contributed by atoms with Gasteiger partial charge in [0.2, 0.25) is 6.79 Å². The van der Waals surface area contributed by atoms with Crippen molar-refractivity contribution in [1.29, 1.82) is 0 Å². The molecule has 0 fully saturated rings. The lowest BCUT2D eigenvalue weighted by molar-refractivity contribution is -0.110. The van der Waals surface area contributed by atoms with E-state index in [0.717, 1.165) is 31.0 Å². The Morgan fingerprint density at radius 1 is 1.14 bits per heavy atom. The number of benzene rings is 1. The normalized spacial score (nSPS) is 22.4. The number of allylic oxidation sites excluding steroid dienone is 4. The van der Waals surface area contributed by atoms with Gasteiger partial charge < -0.3 is 14.4 Å². The first-order valence-corrected chi connectivity index (χ1v) is 7.20. The van der Waals surface area contributed by atoms with Crippen LogP contribution in [0.25, 0.3) is 0 Å². The summed E-state index contributed by atoms with van der Waals surface area (Å²) in [6.07, 6.45) is 8.39. The van der Waals surface area contributed by atoms with Crippen LogP contribution in [0, 0.1) is 0 Å². The van der Waals surface area contributed by atoms with Gasteiger partial charge >= 0.3 is 0 Å². The van der Waals surface area contributed by atoms with Crippen molar-refractivity contribution in [2.24, 2.45) is 0 Å². The highest BCUT2D eigenvalue weighted by molar-refractivity contribution is 6.00. The Labute approximate surface area is 123 Å². The zero-order chi connectivity index (χ0) is 14.4. The molecule has 0 N–H and O–H groups in total. The molecule has 4 nitrogen and oxygen atoms in total. The summed E-state index contributed by atoms with van der Waals surface area (Å²) >= 11 is 0. The molecule has 108 valence electrons. The quantitative estimate of drug-likeness (QED) is 0.731. The van der Waals surface area contributed by atoms with E-state index in [1.54, 1.807) is 12.2 Å². The minimum absolute atomic E-state index is 0.0560. The van der Waals surface area contributed by atoms with Gasteiger partial charge in [-0.1, -0.05) is 12.2 Å². The Morgan fingerprint density at radius 3 is 2.62 bits per heavy atom. The Morgan fingerprint density at radius 2 is 1.86 bits per heavy atom. The number of carbonyl (C=O) groups is 1. The highest BCUT2D eigenvalue weighted by Gasteiger charge is 2.35. The Hall–Kier alpha value is -2.07. The number of ketones is 1. The fourth-order valence-corrected chi connectivity index (χ4v) is 3.35. The summed E-state index contributed by atoms with van der Waals surface area (Å²) in [7, 11) is 2.12. The first kappa shape index (κ1) is 12.7. The van der Waals surface area contributed by atoms with Gasteiger partial charge in [-0.2, -0.15) is 0 Å². The number of hydrogen-bond acceptors (Lipinski definition) is 4. The molecule has 0 aromatic heterocycles. The summed E-state index contributed by atoms with van der Waals surface area (Å²) in [6, 6.07) is 4.17. The average molecular weight is 283 g/mol. The van der Waals surface area contributed by atoms with Crippen LogP contribution in [0.5, 0.6) is 11.5 Å². The summed E-state index contributed by atoms with van der Waals surface area (Å²) in [4.78, 5) is 13.8. The molecule has 0 saturated carbocycles. The van der Waals surface area contributed by atoms with Gasteiger partial charge in [-0.25, -0.2) is 0 Å². The van der Waals surface area contributed by atoms with E-state index >= 15 is 0 Å². The minimum Gasteiger partial charge on any atom is -0.454 e. The van der Waals surface area contributed by atoms with Gasteiger partial charge in [0, 0.05) is 12.0 Å². The van der Waals surface area contributed by atoms with Crippen LogP contribution in [0.3, 0.4) is 0 Å². The molecule has 2 heterocycles. The molecule has 1 aliphatic carbocycles. The summed E-state index contributed by atoms with van der Waals surface area (Å²) in [5.41, 5.74) is 2.24. The Bertz CT molecular complexity index is 659. The molecule has 21 heavy (non-hydrogen) atoms. The SMILES string of the molecule is CN1CCC2(C=CC(=O)C=C2)c2cc3c(cc2C1)OCO3. The van der Waals surface area contributed by atoms with Crippen LogP contribution in [0.15, 0.2) is 36.4 Å². The van der Waals surface area contributed by atoms with E-state index in [0.29, 0.717) is 0 Å². The first-order valence-electron chi connectivity index (χ1n) is 7.20. The van der Waals surface area contributed by atoms with E-state index in [-0.39, 0.29) is 18.0 Å². The average Bonchev–Trinajstić information content (AvgIpc) is 2.89. The number of ether oxygens (including phenoxy) is 2. The lowest BCUT2D eigenvalue weighted by atomic mass is 9.73. The van der Waals surface area contributed by atoms with E-state index < -0.39 is 0 Å². The number of rotatable bonds is 0. The molecule has 0 saturated heterocycles. The van der Waals surface area contributed by atoms with Crippen molar-refractivity contribution in [1.82, 2.24) is 4.90 Å². The molecule has 0 radical (unpaired) electrons. The highest BCUT2D eigenvalue weighted by atomic mass is 16.7. The van der Waals surface area contributed by atoms with Gasteiger partial charge in [0.15, 0.2) is 17.3 Å². The molecule has 0 atom stereocenters. The van der Waals surface area contributed by atoms with E-state index in [2.05, 4.69) is 24.1 Å². The third-order valence-electron chi connectivity index (χ3n) is 4.54. The van der Waals surface area contributed by atoms with Crippen molar-refractivity contribution in [3.05, 3.63) is 47.6 Å². The van der Waals surface area contributed by atoms with Crippen molar-refractivity contribution >= 4 is 5.78 Å². The Balaban J connectivity index is 1.90. The third-order valence-corrected chi connectivity index (χ3v) is 4.54. The van der Waals surface area contributed by atoms with Crippen LogP contribution < -0.4 is 9.47 Å². The number of hydrogen-bond donors (Lipinski definition) is 0.